The Kier molecular flexibility index (Phi) is 17.1. The Morgan fingerprint density at radius 2 is 1.24 bits per heavy atom. The second-order valence-electron chi connectivity index (χ2n) is 11.4. The normalized spacial score (nSPS) is 13.6. The first kappa shape index (κ1) is 30.7. The first-order chi connectivity index (χ1) is 16.3. The molecule has 2 atom stereocenters. The number of hydrogen-bond acceptors (Lipinski definition) is 3. The molecule has 0 saturated heterocycles. The van der Waals surface area contributed by atoms with E-state index in [-0.39, 0.29) is 18.0 Å². The third-order valence-electron chi connectivity index (χ3n) is 6.79. The molecule has 0 aliphatic heterocycles. The van der Waals surface area contributed by atoms with Gasteiger partial charge in [-0.3, -0.25) is 4.79 Å². The molecule has 0 spiro atoms. The Morgan fingerprint density at radius 3 is 1.76 bits per heavy atom. The van der Waals surface area contributed by atoms with Crippen molar-refractivity contribution >= 4 is 5.97 Å². The van der Waals surface area contributed by atoms with Gasteiger partial charge in [0.05, 0.1) is 18.6 Å². The fourth-order valence-electron chi connectivity index (χ4n) is 4.44. The maximum atomic E-state index is 12.1. The van der Waals surface area contributed by atoms with E-state index in [2.05, 4.69) is 20.8 Å². The van der Waals surface area contributed by atoms with Gasteiger partial charge in [0.2, 0.25) is 0 Å². The molecule has 3 nitrogen and oxygen atoms in total. The lowest BCUT2D eigenvalue weighted by molar-refractivity contribution is -0.145. The second kappa shape index (κ2) is 18.9. The second-order valence-corrected chi connectivity index (χ2v) is 11.4. The van der Waals surface area contributed by atoms with Gasteiger partial charge in [-0.2, -0.15) is 0 Å². The van der Waals surface area contributed by atoms with E-state index in [0.29, 0.717) is 18.4 Å². The van der Waals surface area contributed by atoms with E-state index in [1.165, 1.54) is 77.0 Å². The van der Waals surface area contributed by atoms with Crippen molar-refractivity contribution in [2.45, 2.75) is 142 Å². The molecule has 0 aliphatic carbocycles. The molecule has 0 fully saturated rings. The quantitative estimate of drug-likeness (QED) is 0.151. The number of carbonyl (C=O) groups excluding carboxylic acids is 1. The molecule has 0 amide bonds. The van der Waals surface area contributed by atoms with Gasteiger partial charge >= 0.3 is 5.97 Å². The summed E-state index contributed by atoms with van der Waals surface area (Å²) < 4.78 is 5.39. The van der Waals surface area contributed by atoms with Crippen LogP contribution in [0.15, 0.2) is 30.3 Å². The molecular formula is C31H54O3. The van der Waals surface area contributed by atoms with Gasteiger partial charge in [0.25, 0.3) is 0 Å². The molecular weight excluding hydrogens is 420 g/mol. The minimum absolute atomic E-state index is 0.184. The summed E-state index contributed by atoms with van der Waals surface area (Å²) >= 11 is 0. The zero-order valence-corrected chi connectivity index (χ0v) is 22.8. The predicted octanol–water partition coefficient (Wildman–Crippen LogP) is 8.98. The van der Waals surface area contributed by atoms with Gasteiger partial charge in [-0.05, 0) is 43.6 Å². The average Bonchev–Trinajstić information content (AvgIpc) is 2.81. The molecule has 0 heterocycles. The van der Waals surface area contributed by atoms with Crippen LogP contribution in [0.1, 0.15) is 142 Å². The van der Waals surface area contributed by atoms with E-state index < -0.39 is 0 Å². The maximum Gasteiger partial charge on any atom is 0.313 e. The summed E-state index contributed by atoms with van der Waals surface area (Å²) in [5.74, 6) is -0.425. The van der Waals surface area contributed by atoms with Crippen molar-refractivity contribution in [1.82, 2.24) is 0 Å². The molecule has 0 saturated carbocycles. The summed E-state index contributed by atoms with van der Waals surface area (Å²) in [4.78, 5) is 12.1. The highest BCUT2D eigenvalue weighted by atomic mass is 16.5. The standard InChI is InChI=1S/C31H54O3/c1-27(28-21-16-15-17-22-28)30(33)34-26-20-24-29(32)23-18-13-11-9-7-5-6-8-10-12-14-19-25-31(2,3)4/h15-17,21-22,27,29,32H,5-14,18-20,23-26H2,1-4H3. The third-order valence-corrected chi connectivity index (χ3v) is 6.79. The Balaban J connectivity index is 1.85. The Bertz CT molecular complexity index is 605. The molecule has 0 radical (unpaired) electrons. The number of aliphatic hydroxyl groups is 1. The van der Waals surface area contributed by atoms with Crippen LogP contribution in [0.4, 0.5) is 0 Å². The van der Waals surface area contributed by atoms with Crippen LogP contribution in [-0.2, 0) is 9.53 Å². The van der Waals surface area contributed by atoms with Crippen molar-refractivity contribution < 1.29 is 14.6 Å². The maximum absolute atomic E-state index is 12.1. The first-order valence-corrected chi connectivity index (χ1v) is 14.2. The van der Waals surface area contributed by atoms with Crippen molar-refractivity contribution in [3.05, 3.63) is 35.9 Å². The molecule has 1 aromatic rings. The van der Waals surface area contributed by atoms with Crippen LogP contribution in [0.25, 0.3) is 0 Å². The number of ether oxygens (including phenoxy) is 1. The van der Waals surface area contributed by atoms with Crippen molar-refractivity contribution in [2.24, 2.45) is 5.41 Å². The highest BCUT2D eigenvalue weighted by molar-refractivity contribution is 5.77. The lowest BCUT2D eigenvalue weighted by Crippen LogP contribution is -2.15. The van der Waals surface area contributed by atoms with Crippen LogP contribution in [0.3, 0.4) is 0 Å². The van der Waals surface area contributed by atoms with Gasteiger partial charge in [0.1, 0.15) is 0 Å². The third kappa shape index (κ3) is 17.1. The van der Waals surface area contributed by atoms with Gasteiger partial charge < -0.3 is 9.84 Å². The van der Waals surface area contributed by atoms with Crippen molar-refractivity contribution in [2.75, 3.05) is 6.61 Å². The minimum atomic E-state index is -0.270. The highest BCUT2D eigenvalue weighted by Crippen LogP contribution is 2.23. The van der Waals surface area contributed by atoms with E-state index in [1.807, 2.05) is 37.3 Å². The van der Waals surface area contributed by atoms with Gasteiger partial charge in [0.15, 0.2) is 0 Å². The van der Waals surface area contributed by atoms with Gasteiger partial charge in [-0.15, -0.1) is 0 Å². The van der Waals surface area contributed by atoms with Crippen LogP contribution in [0.5, 0.6) is 0 Å². The summed E-state index contributed by atoms with van der Waals surface area (Å²) in [7, 11) is 0. The van der Waals surface area contributed by atoms with Crippen LogP contribution >= 0.6 is 0 Å². The fourth-order valence-corrected chi connectivity index (χ4v) is 4.44. The highest BCUT2D eigenvalue weighted by Gasteiger charge is 2.16. The predicted molar refractivity (Wildman–Crippen MR) is 145 cm³/mol. The zero-order valence-electron chi connectivity index (χ0n) is 22.8. The van der Waals surface area contributed by atoms with Crippen LogP contribution in [0, 0.1) is 5.41 Å². The van der Waals surface area contributed by atoms with Crippen LogP contribution < -0.4 is 0 Å². The lowest BCUT2D eigenvalue weighted by atomic mass is 9.89. The lowest BCUT2D eigenvalue weighted by Gasteiger charge is -2.17. The first-order valence-electron chi connectivity index (χ1n) is 14.2. The molecule has 1 rings (SSSR count). The molecule has 0 aromatic heterocycles. The fraction of sp³-hybridized carbons (Fsp3) is 0.774. The van der Waals surface area contributed by atoms with Crippen LogP contribution in [0.2, 0.25) is 0 Å². The van der Waals surface area contributed by atoms with E-state index in [1.54, 1.807) is 0 Å². The van der Waals surface area contributed by atoms with E-state index in [9.17, 15) is 9.90 Å². The molecule has 1 N–H and O–H groups in total. The molecule has 0 bridgehead atoms. The minimum Gasteiger partial charge on any atom is -0.465 e. The Labute approximate surface area is 211 Å². The molecule has 196 valence electrons. The van der Waals surface area contributed by atoms with Gasteiger partial charge in [0, 0.05) is 0 Å². The number of esters is 1. The molecule has 34 heavy (non-hydrogen) atoms. The largest absolute Gasteiger partial charge is 0.465 e. The average molecular weight is 475 g/mol. The monoisotopic (exact) mass is 474 g/mol. The van der Waals surface area contributed by atoms with E-state index in [4.69, 9.17) is 4.74 Å². The summed E-state index contributed by atoms with van der Waals surface area (Å²) in [6, 6.07) is 9.72. The summed E-state index contributed by atoms with van der Waals surface area (Å²) in [5, 5.41) is 10.2. The van der Waals surface area contributed by atoms with Gasteiger partial charge in [-0.1, -0.05) is 128 Å². The number of carbonyl (C=O) groups is 1. The SMILES string of the molecule is CC(C(=O)OCCCC(O)CCCCCCCCCCCCCCC(C)(C)C)c1ccccc1. The smallest absolute Gasteiger partial charge is 0.313 e. The number of rotatable bonds is 20. The van der Waals surface area contributed by atoms with Crippen molar-refractivity contribution in [1.29, 1.82) is 0 Å². The Morgan fingerprint density at radius 1 is 0.765 bits per heavy atom. The number of unbranched alkanes of at least 4 members (excludes halogenated alkanes) is 11. The van der Waals surface area contributed by atoms with Crippen molar-refractivity contribution in [3.63, 3.8) is 0 Å². The van der Waals surface area contributed by atoms with Crippen molar-refractivity contribution in [3.8, 4) is 0 Å². The van der Waals surface area contributed by atoms with E-state index >= 15 is 0 Å². The topological polar surface area (TPSA) is 46.5 Å². The number of hydrogen-bond donors (Lipinski definition) is 1. The molecule has 2 unspecified atom stereocenters. The molecule has 3 heteroatoms. The number of aliphatic hydroxyl groups excluding tert-OH is 1. The molecule has 0 aliphatic rings. The molecule has 1 aromatic carbocycles. The summed E-state index contributed by atoms with van der Waals surface area (Å²) in [6.07, 6.45) is 19.5. The van der Waals surface area contributed by atoms with E-state index in [0.717, 1.165) is 24.8 Å². The summed E-state index contributed by atoms with van der Waals surface area (Å²) in [5.41, 5.74) is 1.48. The van der Waals surface area contributed by atoms with Gasteiger partial charge in [-0.25, -0.2) is 0 Å². The van der Waals surface area contributed by atoms with Crippen LogP contribution in [-0.4, -0.2) is 23.8 Å². The summed E-state index contributed by atoms with van der Waals surface area (Å²) in [6.45, 7) is 9.29. The zero-order chi connectivity index (χ0) is 25.1. The Hall–Kier alpha value is -1.35. The number of benzene rings is 1.